The summed E-state index contributed by atoms with van der Waals surface area (Å²) in [5.74, 6) is -3.55. The van der Waals surface area contributed by atoms with E-state index in [1.165, 1.54) is 27.0 Å². The summed E-state index contributed by atoms with van der Waals surface area (Å²) in [6.07, 6.45) is 0. The second kappa shape index (κ2) is 7.31. The van der Waals surface area contributed by atoms with Crippen molar-refractivity contribution >= 4 is 35.1 Å². The first-order chi connectivity index (χ1) is 12.1. The predicted molar refractivity (Wildman–Crippen MR) is 94.2 cm³/mol. The normalized spacial score (nSPS) is 10.5. The molecule has 0 unspecified atom stereocenters. The van der Waals surface area contributed by atoms with Crippen LogP contribution in [0.3, 0.4) is 0 Å². The molecule has 26 heavy (non-hydrogen) atoms. The molecule has 0 atom stereocenters. The lowest BCUT2D eigenvalue weighted by atomic mass is 10.1. The zero-order valence-corrected chi connectivity index (χ0v) is 15.4. The van der Waals surface area contributed by atoms with Crippen LogP contribution in [0.1, 0.15) is 31.8 Å². The fourth-order valence-electron chi connectivity index (χ4n) is 2.43. The third-order valence-corrected chi connectivity index (χ3v) is 4.47. The van der Waals surface area contributed by atoms with Gasteiger partial charge in [-0.05, 0) is 31.0 Å². The molecule has 0 aliphatic heterocycles. The predicted octanol–water partition coefficient (Wildman–Crippen LogP) is 3.95. The molecule has 2 rings (SSSR count). The highest BCUT2D eigenvalue weighted by molar-refractivity contribution is 6.39. The Balaban J connectivity index is 2.48. The van der Waals surface area contributed by atoms with E-state index in [-0.39, 0.29) is 43.8 Å². The van der Waals surface area contributed by atoms with Crippen molar-refractivity contribution in [3.8, 4) is 23.0 Å². The highest BCUT2D eigenvalue weighted by Crippen LogP contribution is 2.44. The van der Waals surface area contributed by atoms with Crippen LogP contribution >= 0.6 is 23.2 Å². The third kappa shape index (κ3) is 3.36. The second-order valence-corrected chi connectivity index (χ2v) is 6.09. The van der Waals surface area contributed by atoms with Gasteiger partial charge >= 0.3 is 11.9 Å². The number of phenolic OH excluding ortho intramolecular Hbond substituents is 1. The first-order valence-electron chi connectivity index (χ1n) is 7.13. The lowest BCUT2D eigenvalue weighted by Gasteiger charge is -2.15. The number of benzene rings is 2. The topological polar surface area (TPSA) is 113 Å². The molecule has 0 aliphatic rings. The molecular formula is C17H14Cl2O7. The number of halogens is 2. The SMILES string of the molecule is COc1c(Cl)c(C)c(C(=O)Oc2cc(C)c(C(=O)O)c(O)c2)c(O)c1Cl. The Morgan fingerprint density at radius 3 is 2.15 bits per heavy atom. The summed E-state index contributed by atoms with van der Waals surface area (Å²) in [6, 6.07) is 2.24. The van der Waals surface area contributed by atoms with Gasteiger partial charge in [0.2, 0.25) is 0 Å². The summed E-state index contributed by atoms with van der Waals surface area (Å²) in [6.45, 7) is 2.90. The second-order valence-electron chi connectivity index (χ2n) is 5.34. The van der Waals surface area contributed by atoms with E-state index in [0.717, 1.165) is 6.07 Å². The van der Waals surface area contributed by atoms with Crippen molar-refractivity contribution in [1.82, 2.24) is 0 Å². The smallest absolute Gasteiger partial charge is 0.347 e. The van der Waals surface area contributed by atoms with Crippen LogP contribution in [-0.2, 0) is 0 Å². The van der Waals surface area contributed by atoms with Crippen molar-refractivity contribution in [3.05, 3.63) is 44.4 Å². The first kappa shape index (κ1) is 19.7. The van der Waals surface area contributed by atoms with E-state index in [2.05, 4.69) is 0 Å². The van der Waals surface area contributed by atoms with Crippen molar-refractivity contribution in [2.24, 2.45) is 0 Å². The number of carboxylic acid groups (broad SMARTS) is 1. The fraction of sp³-hybridized carbons (Fsp3) is 0.176. The molecule has 7 nitrogen and oxygen atoms in total. The number of carbonyl (C=O) groups is 2. The van der Waals surface area contributed by atoms with Crippen LogP contribution in [0.5, 0.6) is 23.0 Å². The van der Waals surface area contributed by atoms with E-state index in [9.17, 15) is 19.8 Å². The van der Waals surface area contributed by atoms with Gasteiger partial charge in [0.15, 0.2) is 11.5 Å². The number of hydrogen-bond donors (Lipinski definition) is 3. The maximum atomic E-state index is 12.5. The van der Waals surface area contributed by atoms with Crippen molar-refractivity contribution < 1.29 is 34.4 Å². The average Bonchev–Trinajstić information content (AvgIpc) is 2.52. The minimum absolute atomic E-state index is 0.0131. The van der Waals surface area contributed by atoms with Crippen LogP contribution in [0, 0.1) is 13.8 Å². The number of carbonyl (C=O) groups excluding carboxylic acids is 1. The Kier molecular flexibility index (Phi) is 5.53. The van der Waals surface area contributed by atoms with Gasteiger partial charge in [-0.2, -0.15) is 0 Å². The van der Waals surface area contributed by atoms with Gasteiger partial charge in [0.25, 0.3) is 0 Å². The summed E-state index contributed by atoms with van der Waals surface area (Å²) >= 11 is 12.1. The average molecular weight is 401 g/mol. The molecule has 0 saturated heterocycles. The van der Waals surface area contributed by atoms with Gasteiger partial charge in [-0.15, -0.1) is 0 Å². The molecule has 0 aliphatic carbocycles. The fourth-order valence-corrected chi connectivity index (χ4v) is 3.01. The molecule has 0 bridgehead atoms. The van der Waals surface area contributed by atoms with Gasteiger partial charge in [0.05, 0.1) is 12.1 Å². The van der Waals surface area contributed by atoms with Crippen LogP contribution in [0.25, 0.3) is 0 Å². The molecule has 2 aromatic rings. The van der Waals surface area contributed by atoms with Gasteiger partial charge in [-0.3, -0.25) is 0 Å². The molecule has 0 spiro atoms. The summed E-state index contributed by atoms with van der Waals surface area (Å²) in [5, 5.41) is 28.8. The van der Waals surface area contributed by atoms with E-state index >= 15 is 0 Å². The van der Waals surface area contributed by atoms with E-state index in [1.807, 2.05) is 0 Å². The van der Waals surface area contributed by atoms with Crippen LogP contribution in [0.15, 0.2) is 12.1 Å². The molecule has 0 fully saturated rings. The molecule has 0 saturated carbocycles. The number of rotatable bonds is 4. The monoisotopic (exact) mass is 400 g/mol. The van der Waals surface area contributed by atoms with Crippen molar-refractivity contribution in [2.45, 2.75) is 13.8 Å². The minimum Gasteiger partial charge on any atom is -0.507 e. The summed E-state index contributed by atoms with van der Waals surface area (Å²) in [4.78, 5) is 23.5. The van der Waals surface area contributed by atoms with Gasteiger partial charge in [-0.25, -0.2) is 9.59 Å². The van der Waals surface area contributed by atoms with E-state index < -0.39 is 23.4 Å². The Labute approximate surface area is 158 Å². The largest absolute Gasteiger partial charge is 0.507 e. The number of aryl methyl sites for hydroxylation is 1. The van der Waals surface area contributed by atoms with Crippen molar-refractivity contribution in [2.75, 3.05) is 7.11 Å². The number of phenols is 2. The Morgan fingerprint density at radius 2 is 1.65 bits per heavy atom. The number of esters is 1. The molecule has 0 amide bonds. The molecule has 0 heterocycles. The first-order valence-corrected chi connectivity index (χ1v) is 7.89. The standard InChI is InChI=1S/C17H14Cl2O7/c1-6-4-8(5-9(20)10(6)16(22)23)26-17(24)11-7(2)12(18)15(25-3)13(19)14(11)21/h4-5,20-21H,1-3H3,(H,22,23). The minimum atomic E-state index is -1.32. The lowest BCUT2D eigenvalue weighted by molar-refractivity contribution is 0.0692. The molecule has 2 aromatic carbocycles. The maximum Gasteiger partial charge on any atom is 0.347 e. The van der Waals surface area contributed by atoms with Gasteiger partial charge in [-0.1, -0.05) is 23.2 Å². The summed E-state index contributed by atoms with van der Waals surface area (Å²) in [5.41, 5.74) is -0.217. The molecule has 138 valence electrons. The van der Waals surface area contributed by atoms with Crippen molar-refractivity contribution in [3.63, 3.8) is 0 Å². The Morgan fingerprint density at radius 1 is 1.04 bits per heavy atom. The van der Waals surface area contributed by atoms with Crippen LogP contribution in [0.4, 0.5) is 0 Å². The Bertz CT molecular complexity index is 870. The van der Waals surface area contributed by atoms with E-state index in [1.54, 1.807) is 0 Å². The number of hydrogen-bond acceptors (Lipinski definition) is 6. The highest BCUT2D eigenvalue weighted by Gasteiger charge is 2.26. The Hall–Kier alpha value is -2.64. The molecular weight excluding hydrogens is 387 g/mol. The molecule has 0 aromatic heterocycles. The van der Waals surface area contributed by atoms with E-state index in [4.69, 9.17) is 37.8 Å². The molecule has 0 radical (unpaired) electrons. The third-order valence-electron chi connectivity index (χ3n) is 3.67. The summed E-state index contributed by atoms with van der Waals surface area (Å²) < 4.78 is 10.1. The number of ether oxygens (including phenoxy) is 2. The molecule has 3 N–H and O–H groups in total. The van der Waals surface area contributed by atoms with Crippen LogP contribution in [0.2, 0.25) is 10.0 Å². The quantitative estimate of drug-likeness (QED) is 0.525. The number of aromatic carboxylic acids is 1. The van der Waals surface area contributed by atoms with Crippen molar-refractivity contribution in [1.29, 1.82) is 0 Å². The summed E-state index contributed by atoms with van der Waals surface area (Å²) in [7, 11) is 1.31. The molecule has 9 heteroatoms. The van der Waals surface area contributed by atoms with Gasteiger partial charge in [0, 0.05) is 6.07 Å². The number of methoxy groups -OCH3 is 1. The van der Waals surface area contributed by atoms with Gasteiger partial charge in [0.1, 0.15) is 27.6 Å². The van der Waals surface area contributed by atoms with Crippen LogP contribution < -0.4 is 9.47 Å². The van der Waals surface area contributed by atoms with Gasteiger partial charge < -0.3 is 24.8 Å². The highest BCUT2D eigenvalue weighted by atomic mass is 35.5. The zero-order chi connectivity index (χ0) is 19.8. The maximum absolute atomic E-state index is 12.5. The van der Waals surface area contributed by atoms with E-state index in [0.29, 0.717) is 0 Å². The lowest BCUT2D eigenvalue weighted by Crippen LogP contribution is -2.12. The number of carboxylic acids is 1. The zero-order valence-electron chi connectivity index (χ0n) is 13.9. The van der Waals surface area contributed by atoms with Crippen LogP contribution in [-0.4, -0.2) is 34.4 Å². The number of aromatic hydroxyl groups is 2.